The normalized spacial score (nSPS) is 41.4. The highest BCUT2D eigenvalue weighted by molar-refractivity contribution is 5.86. The van der Waals surface area contributed by atoms with Crippen molar-refractivity contribution in [3.05, 3.63) is 35.8 Å². The number of esters is 4. The zero-order valence-electron chi connectivity index (χ0n) is 29.9. The van der Waals surface area contributed by atoms with Crippen LogP contribution in [0.4, 0.5) is 0 Å². The molecule has 2 saturated heterocycles. The van der Waals surface area contributed by atoms with Gasteiger partial charge >= 0.3 is 23.9 Å². The molecule has 2 saturated carbocycles. The molecule has 0 aromatic carbocycles. The van der Waals surface area contributed by atoms with Gasteiger partial charge in [-0.05, 0) is 42.2 Å². The zero-order valence-corrected chi connectivity index (χ0v) is 29.9. The molecule has 270 valence electrons. The van der Waals surface area contributed by atoms with Gasteiger partial charge in [-0.25, -0.2) is 4.79 Å². The topological polar surface area (TPSA) is 168 Å². The highest BCUT2D eigenvalue weighted by Gasteiger charge is 2.96. The summed E-state index contributed by atoms with van der Waals surface area (Å²) >= 11 is 0. The Bertz CT molecular complexity index is 1560. The number of rotatable bonds is 9. The Morgan fingerprint density at radius 1 is 0.959 bits per heavy atom. The first-order valence-corrected chi connectivity index (χ1v) is 17.3. The average molecular weight is 687 g/mol. The molecule has 0 amide bonds. The van der Waals surface area contributed by atoms with Crippen molar-refractivity contribution in [2.24, 2.45) is 39.9 Å². The Labute approximate surface area is 286 Å². The maximum Gasteiger partial charge on any atom is 0.331 e. The molecule has 2 N–H and O–H groups in total. The van der Waals surface area contributed by atoms with E-state index in [0.717, 1.165) is 0 Å². The number of ether oxygens (including phenoxy) is 5. The lowest BCUT2D eigenvalue weighted by Crippen LogP contribution is -2.84. The quantitative estimate of drug-likeness (QED) is 0.275. The second kappa shape index (κ2) is 11.4. The smallest absolute Gasteiger partial charge is 0.331 e. The molecule has 0 radical (unpaired) electrons. The number of fused-ring (bicyclic) bond motifs is 2. The van der Waals surface area contributed by atoms with E-state index in [-0.39, 0.29) is 31.1 Å². The van der Waals surface area contributed by atoms with Gasteiger partial charge in [0.15, 0.2) is 11.7 Å². The number of hydrogen-bond acceptors (Lipinski definition) is 12. The van der Waals surface area contributed by atoms with E-state index in [2.05, 4.69) is 0 Å². The molecular weight excluding hydrogens is 636 g/mol. The average Bonchev–Trinajstić information content (AvgIpc) is 3.65. The first-order valence-electron chi connectivity index (χ1n) is 17.3. The molecule has 2 bridgehead atoms. The standard InChI is InChI=1S/C37H50O12/c1-19(2)14-26(39)47-30-32(5,6)23(16-25(38)44-9)34(8)22-10-12-33(7)24(17-28(41)46-29(33)21-11-13-45-18-21)35(22)31(48-27(40)15-20(3)4)36(30,42)37(34,43)49-35/h11,13,17-20,22-23,29-31,42-43H,10,12,14-16H2,1-9H3/t22-,23-,29+,30-,31-,33-,34-,35+,36-,37+/m0/s1. The SMILES string of the molecule is COC(=O)C[C@H]1C(C)(C)[C@H](OC(=O)CC(C)C)[C@]2(O)[C@@H](OC(=O)CC(C)C)[C@@]34O[C@]2(O)[C@@]1(C)[C@@H]3CC[C@@]1(C)C4=CC(=O)O[C@@H]1c1ccoc1. The van der Waals surface area contributed by atoms with Crippen LogP contribution in [-0.2, 0) is 42.9 Å². The Balaban J connectivity index is 1.64. The molecule has 12 heteroatoms. The summed E-state index contributed by atoms with van der Waals surface area (Å²) in [6.07, 6.45) is 0.963. The third-order valence-electron chi connectivity index (χ3n) is 12.5. The molecule has 10 atom stereocenters. The highest BCUT2D eigenvalue weighted by Crippen LogP contribution is 2.82. The van der Waals surface area contributed by atoms with Crippen LogP contribution < -0.4 is 0 Å². The van der Waals surface area contributed by atoms with Crippen LogP contribution in [0.25, 0.3) is 0 Å². The van der Waals surface area contributed by atoms with Crippen LogP contribution in [0, 0.1) is 39.9 Å². The molecule has 5 aliphatic rings. The largest absolute Gasteiger partial charge is 0.472 e. The molecule has 2 aliphatic carbocycles. The molecular formula is C37H50O12. The lowest BCUT2D eigenvalue weighted by molar-refractivity contribution is -0.385. The van der Waals surface area contributed by atoms with E-state index < -0.39 is 87.3 Å². The van der Waals surface area contributed by atoms with E-state index in [9.17, 15) is 29.4 Å². The van der Waals surface area contributed by atoms with Gasteiger partial charge in [-0.2, -0.15) is 0 Å². The summed E-state index contributed by atoms with van der Waals surface area (Å²) in [4.78, 5) is 53.9. The third kappa shape index (κ3) is 4.58. The minimum absolute atomic E-state index is 0.00784. The van der Waals surface area contributed by atoms with E-state index >= 15 is 0 Å². The fourth-order valence-electron chi connectivity index (χ4n) is 10.6. The third-order valence-corrected chi connectivity index (χ3v) is 12.5. The summed E-state index contributed by atoms with van der Waals surface area (Å²) in [6.45, 7) is 14.6. The second-order valence-electron chi connectivity index (χ2n) is 16.7. The van der Waals surface area contributed by atoms with Gasteiger partial charge < -0.3 is 38.3 Å². The van der Waals surface area contributed by atoms with Crippen molar-refractivity contribution in [1.82, 2.24) is 0 Å². The lowest BCUT2D eigenvalue weighted by Gasteiger charge is -2.69. The maximum atomic E-state index is 13.7. The number of aliphatic hydroxyl groups is 2. The van der Waals surface area contributed by atoms with Crippen molar-refractivity contribution < 1.29 is 57.5 Å². The minimum Gasteiger partial charge on any atom is -0.472 e. The molecule has 1 aromatic rings. The van der Waals surface area contributed by atoms with Gasteiger partial charge in [0.05, 0.1) is 19.6 Å². The maximum absolute atomic E-state index is 13.7. The van der Waals surface area contributed by atoms with Crippen molar-refractivity contribution in [2.45, 2.75) is 123 Å². The predicted molar refractivity (Wildman–Crippen MR) is 171 cm³/mol. The Kier molecular flexibility index (Phi) is 8.28. The van der Waals surface area contributed by atoms with E-state index in [1.807, 2.05) is 34.6 Å². The monoisotopic (exact) mass is 686 g/mol. The summed E-state index contributed by atoms with van der Waals surface area (Å²) in [5.41, 5.74) is -6.90. The van der Waals surface area contributed by atoms with Gasteiger partial charge in [0.25, 0.3) is 0 Å². The molecule has 1 spiro atoms. The van der Waals surface area contributed by atoms with Gasteiger partial charge in [0.2, 0.25) is 5.79 Å². The summed E-state index contributed by atoms with van der Waals surface area (Å²) in [7, 11) is 1.27. The molecule has 6 rings (SSSR count). The van der Waals surface area contributed by atoms with Crippen LogP contribution >= 0.6 is 0 Å². The van der Waals surface area contributed by atoms with Crippen LogP contribution in [0.1, 0.15) is 99.2 Å². The molecule has 3 aliphatic heterocycles. The summed E-state index contributed by atoms with van der Waals surface area (Å²) < 4.78 is 35.9. The number of carbonyl (C=O) groups is 4. The van der Waals surface area contributed by atoms with Gasteiger partial charge in [0, 0.05) is 53.1 Å². The number of furan rings is 1. The van der Waals surface area contributed by atoms with E-state index in [1.165, 1.54) is 25.7 Å². The number of cyclic esters (lactones) is 1. The fraction of sp³-hybridized carbons (Fsp3) is 0.730. The van der Waals surface area contributed by atoms with Gasteiger partial charge in [-0.1, -0.05) is 55.4 Å². The zero-order chi connectivity index (χ0) is 36.1. The minimum atomic E-state index is -2.54. The van der Waals surface area contributed by atoms with Crippen LogP contribution in [0.5, 0.6) is 0 Å². The summed E-state index contributed by atoms with van der Waals surface area (Å²) in [6, 6.07) is 1.71. The molecule has 1 aromatic heterocycles. The predicted octanol–water partition coefficient (Wildman–Crippen LogP) is 4.56. The Morgan fingerprint density at radius 2 is 1.57 bits per heavy atom. The number of methoxy groups -OCH3 is 1. The number of hydrogen-bond donors (Lipinski definition) is 2. The molecule has 4 heterocycles. The van der Waals surface area contributed by atoms with Crippen molar-refractivity contribution in [2.75, 3.05) is 7.11 Å². The van der Waals surface area contributed by atoms with Crippen molar-refractivity contribution in [1.29, 1.82) is 0 Å². The van der Waals surface area contributed by atoms with Crippen LogP contribution in [0.3, 0.4) is 0 Å². The summed E-state index contributed by atoms with van der Waals surface area (Å²) in [5, 5.41) is 26.6. The molecule has 4 fully saturated rings. The molecule has 0 unspecified atom stereocenters. The van der Waals surface area contributed by atoms with Gasteiger partial charge in [0.1, 0.15) is 17.8 Å². The molecule has 12 nitrogen and oxygen atoms in total. The van der Waals surface area contributed by atoms with E-state index in [4.69, 9.17) is 28.1 Å². The lowest BCUT2D eigenvalue weighted by atomic mass is 9.36. The molecule has 49 heavy (non-hydrogen) atoms. The van der Waals surface area contributed by atoms with Crippen molar-refractivity contribution >= 4 is 23.9 Å². The summed E-state index contributed by atoms with van der Waals surface area (Å²) in [5.74, 6) is -6.71. The first-order chi connectivity index (χ1) is 22.7. The van der Waals surface area contributed by atoms with Crippen LogP contribution in [0.2, 0.25) is 0 Å². The first kappa shape index (κ1) is 35.6. The van der Waals surface area contributed by atoms with Crippen LogP contribution in [0.15, 0.2) is 34.7 Å². The Hall–Kier alpha value is -3.22. The van der Waals surface area contributed by atoms with E-state index in [1.54, 1.807) is 26.8 Å². The highest BCUT2D eigenvalue weighted by atomic mass is 16.7. The van der Waals surface area contributed by atoms with Gasteiger partial charge in [-0.15, -0.1) is 0 Å². The Morgan fingerprint density at radius 3 is 2.12 bits per heavy atom. The second-order valence-corrected chi connectivity index (χ2v) is 16.7. The van der Waals surface area contributed by atoms with Gasteiger partial charge in [-0.3, -0.25) is 14.4 Å². The fourth-order valence-corrected chi connectivity index (χ4v) is 10.6. The van der Waals surface area contributed by atoms with Crippen molar-refractivity contribution in [3.63, 3.8) is 0 Å². The van der Waals surface area contributed by atoms with E-state index in [0.29, 0.717) is 24.0 Å². The van der Waals surface area contributed by atoms with Crippen molar-refractivity contribution in [3.8, 4) is 0 Å². The van der Waals surface area contributed by atoms with Crippen LogP contribution in [-0.4, -0.2) is 70.4 Å². The number of carbonyl (C=O) groups excluding carboxylic acids is 4.